The first-order valence-electron chi connectivity index (χ1n) is 4.59. The van der Waals surface area contributed by atoms with Crippen LogP contribution in [-0.4, -0.2) is 19.8 Å². The van der Waals surface area contributed by atoms with Gasteiger partial charge in [0.05, 0.1) is 11.8 Å². The van der Waals surface area contributed by atoms with Crippen LogP contribution in [0.1, 0.15) is 0 Å². The number of nitrogen functional groups attached to an aromatic ring is 1. The predicted octanol–water partition coefficient (Wildman–Crippen LogP) is 1.47. The fourth-order valence-corrected chi connectivity index (χ4v) is 2.18. The number of nitrogens with zero attached hydrogens (tertiary/aromatic N) is 1. The second kappa shape index (κ2) is 3.85. The number of aromatic nitrogens is 1. The molecule has 0 atom stereocenters. The van der Waals surface area contributed by atoms with Gasteiger partial charge in [-0.1, -0.05) is 11.2 Å². The average molecular weight is 256 g/mol. The van der Waals surface area contributed by atoms with E-state index >= 15 is 0 Å². The summed E-state index contributed by atoms with van der Waals surface area (Å²) in [6, 6.07) is 3.68. The lowest BCUT2D eigenvalue weighted by atomic mass is 10.1. The van der Waals surface area contributed by atoms with Crippen molar-refractivity contribution in [1.29, 1.82) is 0 Å². The average Bonchev–Trinajstić information content (AvgIpc) is 2.63. The first-order valence-corrected chi connectivity index (χ1v) is 6.49. The third-order valence-electron chi connectivity index (χ3n) is 2.24. The number of hydrogen-bond acceptors (Lipinski definition) is 5. The summed E-state index contributed by atoms with van der Waals surface area (Å²) < 4.78 is 40.7. The summed E-state index contributed by atoms with van der Waals surface area (Å²) in [6.07, 6.45) is 2.28. The molecule has 0 radical (unpaired) electrons. The Morgan fingerprint density at radius 3 is 2.65 bits per heavy atom. The van der Waals surface area contributed by atoms with Crippen molar-refractivity contribution in [3.05, 3.63) is 30.2 Å². The van der Waals surface area contributed by atoms with Crippen molar-refractivity contribution in [3.63, 3.8) is 0 Å². The van der Waals surface area contributed by atoms with Gasteiger partial charge in [0.1, 0.15) is 10.7 Å². The highest BCUT2D eigenvalue weighted by atomic mass is 32.2. The molecule has 0 aliphatic heterocycles. The SMILES string of the molecule is CS(=O)(=O)c1cc(-c2cnoc2N)ccc1F. The fourth-order valence-electron chi connectivity index (χ4n) is 1.42. The van der Waals surface area contributed by atoms with Crippen LogP contribution in [0.3, 0.4) is 0 Å². The highest BCUT2D eigenvalue weighted by Crippen LogP contribution is 2.28. The van der Waals surface area contributed by atoms with Gasteiger partial charge in [-0.2, -0.15) is 0 Å². The molecular weight excluding hydrogens is 247 g/mol. The largest absolute Gasteiger partial charge is 0.367 e. The molecule has 7 heteroatoms. The zero-order valence-electron chi connectivity index (χ0n) is 8.84. The van der Waals surface area contributed by atoms with Crippen molar-refractivity contribution in [2.75, 3.05) is 12.0 Å². The molecule has 5 nitrogen and oxygen atoms in total. The van der Waals surface area contributed by atoms with E-state index in [1.165, 1.54) is 18.3 Å². The van der Waals surface area contributed by atoms with Crippen molar-refractivity contribution in [1.82, 2.24) is 5.16 Å². The van der Waals surface area contributed by atoms with Crippen LogP contribution in [0.5, 0.6) is 0 Å². The lowest BCUT2D eigenvalue weighted by Crippen LogP contribution is -2.01. The van der Waals surface area contributed by atoms with Crippen LogP contribution in [0.15, 0.2) is 33.8 Å². The van der Waals surface area contributed by atoms with Crippen LogP contribution in [0, 0.1) is 5.82 Å². The third-order valence-corrected chi connectivity index (χ3v) is 3.35. The number of halogens is 1. The molecule has 0 unspecified atom stereocenters. The molecule has 1 heterocycles. The minimum Gasteiger partial charge on any atom is -0.367 e. The number of sulfone groups is 1. The van der Waals surface area contributed by atoms with Gasteiger partial charge >= 0.3 is 0 Å². The van der Waals surface area contributed by atoms with Crippen molar-refractivity contribution in [3.8, 4) is 11.1 Å². The van der Waals surface area contributed by atoms with E-state index in [-0.39, 0.29) is 10.8 Å². The van der Waals surface area contributed by atoms with E-state index in [1.807, 2.05) is 0 Å². The van der Waals surface area contributed by atoms with Crippen LogP contribution in [0.25, 0.3) is 11.1 Å². The molecule has 0 spiro atoms. The maximum atomic E-state index is 13.4. The van der Waals surface area contributed by atoms with Crippen molar-refractivity contribution < 1.29 is 17.3 Å². The van der Waals surface area contributed by atoms with Crippen LogP contribution < -0.4 is 5.73 Å². The quantitative estimate of drug-likeness (QED) is 0.879. The minimum atomic E-state index is -3.63. The van der Waals surface area contributed by atoms with E-state index in [0.29, 0.717) is 11.1 Å². The van der Waals surface area contributed by atoms with Crippen molar-refractivity contribution in [2.24, 2.45) is 0 Å². The molecule has 2 rings (SSSR count). The summed E-state index contributed by atoms with van der Waals surface area (Å²) in [4.78, 5) is -0.379. The molecule has 0 aliphatic carbocycles. The highest BCUT2D eigenvalue weighted by molar-refractivity contribution is 7.90. The Bertz CT molecular complexity index is 664. The molecule has 17 heavy (non-hydrogen) atoms. The zero-order chi connectivity index (χ0) is 12.6. The molecule has 1 aromatic heterocycles. The topological polar surface area (TPSA) is 86.2 Å². The van der Waals surface area contributed by atoms with Crippen molar-refractivity contribution >= 4 is 15.7 Å². The lowest BCUT2D eigenvalue weighted by Gasteiger charge is -2.03. The number of benzene rings is 1. The fraction of sp³-hybridized carbons (Fsp3) is 0.100. The van der Waals surface area contributed by atoms with Gasteiger partial charge < -0.3 is 10.3 Å². The monoisotopic (exact) mass is 256 g/mol. The molecule has 0 aliphatic rings. The van der Waals surface area contributed by atoms with Gasteiger partial charge in [0.25, 0.3) is 0 Å². The standard InChI is InChI=1S/C10H9FN2O3S/c1-17(14,15)9-4-6(2-3-8(9)11)7-5-13-16-10(7)12/h2-5H,12H2,1H3. The summed E-state index contributed by atoms with van der Waals surface area (Å²) in [5.41, 5.74) is 6.36. The first kappa shape index (κ1) is 11.6. The maximum absolute atomic E-state index is 13.4. The molecule has 2 aromatic rings. The Kier molecular flexibility index (Phi) is 2.62. The van der Waals surface area contributed by atoms with E-state index in [9.17, 15) is 12.8 Å². The summed E-state index contributed by atoms with van der Waals surface area (Å²) >= 11 is 0. The third kappa shape index (κ3) is 2.14. The van der Waals surface area contributed by atoms with E-state index in [1.54, 1.807) is 0 Å². The Balaban J connectivity index is 2.64. The zero-order valence-corrected chi connectivity index (χ0v) is 9.66. The summed E-state index contributed by atoms with van der Waals surface area (Å²) in [5, 5.41) is 3.47. The lowest BCUT2D eigenvalue weighted by molar-refractivity contribution is 0.436. The van der Waals surface area contributed by atoms with Crippen LogP contribution in [0.2, 0.25) is 0 Å². The Morgan fingerprint density at radius 2 is 2.12 bits per heavy atom. The van der Waals surface area contributed by atoms with Gasteiger partial charge in [0, 0.05) is 6.26 Å². The summed E-state index contributed by atoms with van der Waals surface area (Å²) in [5.74, 6) is -0.748. The smallest absolute Gasteiger partial charge is 0.229 e. The van der Waals surface area contributed by atoms with Gasteiger partial charge in [-0.05, 0) is 17.7 Å². The van der Waals surface area contributed by atoms with Crippen LogP contribution >= 0.6 is 0 Å². The van der Waals surface area contributed by atoms with Gasteiger partial charge in [-0.3, -0.25) is 0 Å². The molecule has 90 valence electrons. The van der Waals surface area contributed by atoms with Gasteiger partial charge in [-0.15, -0.1) is 0 Å². The predicted molar refractivity (Wildman–Crippen MR) is 59.4 cm³/mol. The first-order chi connectivity index (χ1) is 7.89. The van der Waals surface area contributed by atoms with Crippen LogP contribution in [0.4, 0.5) is 10.3 Å². The summed E-state index contributed by atoms with van der Waals surface area (Å²) in [6.45, 7) is 0. The molecule has 0 saturated carbocycles. The normalized spacial score (nSPS) is 11.6. The maximum Gasteiger partial charge on any atom is 0.229 e. The second-order valence-electron chi connectivity index (χ2n) is 3.52. The minimum absolute atomic E-state index is 0.0519. The molecule has 0 fully saturated rings. The number of rotatable bonds is 2. The molecule has 0 amide bonds. The molecule has 2 N–H and O–H groups in total. The number of anilines is 1. The Hall–Kier alpha value is -1.89. The Morgan fingerprint density at radius 1 is 1.41 bits per heavy atom. The van der Waals surface area contributed by atoms with Gasteiger partial charge in [-0.25, -0.2) is 12.8 Å². The van der Waals surface area contributed by atoms with E-state index < -0.39 is 15.7 Å². The van der Waals surface area contributed by atoms with Crippen LogP contribution in [-0.2, 0) is 9.84 Å². The second-order valence-corrected chi connectivity index (χ2v) is 5.51. The van der Waals surface area contributed by atoms with Gasteiger partial charge in [0.15, 0.2) is 9.84 Å². The van der Waals surface area contributed by atoms with Gasteiger partial charge in [0.2, 0.25) is 5.88 Å². The Labute approximate surface area is 96.9 Å². The molecular formula is C10H9FN2O3S. The van der Waals surface area contributed by atoms with E-state index in [4.69, 9.17) is 5.73 Å². The number of nitrogens with two attached hydrogens (primary N) is 1. The van der Waals surface area contributed by atoms with E-state index in [0.717, 1.165) is 12.3 Å². The summed E-state index contributed by atoms with van der Waals surface area (Å²) in [7, 11) is -3.63. The highest BCUT2D eigenvalue weighted by Gasteiger charge is 2.16. The van der Waals surface area contributed by atoms with Crippen molar-refractivity contribution in [2.45, 2.75) is 4.90 Å². The van der Waals surface area contributed by atoms with E-state index in [2.05, 4.69) is 9.68 Å². The molecule has 1 aromatic carbocycles. The number of hydrogen-bond donors (Lipinski definition) is 1. The molecule has 0 saturated heterocycles. The molecule has 0 bridgehead atoms.